The fourth-order valence-electron chi connectivity index (χ4n) is 3.36. The van der Waals surface area contributed by atoms with E-state index in [1.165, 1.54) is 13.5 Å². The molecule has 5 nitrogen and oxygen atoms in total. The second kappa shape index (κ2) is 6.60. The summed E-state index contributed by atoms with van der Waals surface area (Å²) in [6, 6.07) is 0. The topological polar surface area (TPSA) is 64.5 Å². The quantitative estimate of drug-likeness (QED) is 0.904. The molecule has 0 radical (unpaired) electrons. The maximum Gasteiger partial charge on any atom is 0.241 e. The van der Waals surface area contributed by atoms with Gasteiger partial charge >= 0.3 is 0 Å². The Morgan fingerprint density at radius 2 is 2.14 bits per heavy atom. The van der Waals surface area contributed by atoms with Gasteiger partial charge in [-0.05, 0) is 37.5 Å². The standard InChI is InChI=1S/C16H26N2O3/c1-11(2)8-12-6-5-7-16(19,9-12)14-15(21-4)18-13(20-3)10-17-14/h10-12,19H,5-9H2,1-4H3. The first-order chi connectivity index (χ1) is 9.98. The number of hydrogen-bond acceptors (Lipinski definition) is 5. The lowest BCUT2D eigenvalue weighted by Crippen LogP contribution is -2.34. The lowest BCUT2D eigenvalue weighted by molar-refractivity contribution is -0.0303. The summed E-state index contributed by atoms with van der Waals surface area (Å²) in [5.74, 6) is 1.93. The normalized spacial score (nSPS) is 25.9. The van der Waals surface area contributed by atoms with Crippen LogP contribution in [-0.4, -0.2) is 29.3 Å². The third-order valence-electron chi connectivity index (χ3n) is 4.20. The average molecular weight is 294 g/mol. The molecular formula is C16H26N2O3. The third-order valence-corrected chi connectivity index (χ3v) is 4.20. The average Bonchev–Trinajstić information content (AvgIpc) is 2.45. The monoisotopic (exact) mass is 294 g/mol. The molecule has 1 heterocycles. The zero-order valence-electron chi connectivity index (χ0n) is 13.4. The van der Waals surface area contributed by atoms with Crippen molar-refractivity contribution in [1.29, 1.82) is 0 Å². The Balaban J connectivity index is 2.26. The third kappa shape index (κ3) is 3.64. The smallest absolute Gasteiger partial charge is 0.241 e. The van der Waals surface area contributed by atoms with E-state index in [1.807, 2.05) is 0 Å². The van der Waals surface area contributed by atoms with Gasteiger partial charge in [0.1, 0.15) is 11.3 Å². The van der Waals surface area contributed by atoms with Gasteiger partial charge < -0.3 is 14.6 Å². The Bertz CT molecular complexity index is 479. The zero-order valence-corrected chi connectivity index (χ0v) is 13.4. The summed E-state index contributed by atoms with van der Waals surface area (Å²) in [4.78, 5) is 8.62. The summed E-state index contributed by atoms with van der Waals surface area (Å²) in [7, 11) is 3.09. The van der Waals surface area contributed by atoms with Gasteiger partial charge in [0.15, 0.2) is 0 Å². The molecule has 118 valence electrons. The van der Waals surface area contributed by atoms with Crippen LogP contribution in [0.15, 0.2) is 6.20 Å². The van der Waals surface area contributed by atoms with Crippen LogP contribution in [0.4, 0.5) is 0 Å². The maximum atomic E-state index is 11.1. The number of aliphatic hydroxyl groups is 1. The Kier molecular flexibility index (Phi) is 5.04. The minimum absolute atomic E-state index is 0.363. The van der Waals surface area contributed by atoms with Gasteiger partial charge in [0.05, 0.1) is 20.4 Å². The molecule has 2 atom stereocenters. The maximum absolute atomic E-state index is 11.1. The molecule has 5 heteroatoms. The number of aromatic nitrogens is 2. The van der Waals surface area contributed by atoms with E-state index in [-0.39, 0.29) is 0 Å². The van der Waals surface area contributed by atoms with Crippen molar-refractivity contribution in [3.8, 4) is 11.8 Å². The predicted molar refractivity (Wildman–Crippen MR) is 80.4 cm³/mol. The molecule has 0 saturated heterocycles. The molecule has 0 bridgehead atoms. The van der Waals surface area contributed by atoms with E-state index in [0.29, 0.717) is 35.7 Å². The van der Waals surface area contributed by atoms with Gasteiger partial charge in [0.25, 0.3) is 0 Å². The highest BCUT2D eigenvalue weighted by atomic mass is 16.5. The number of ether oxygens (including phenoxy) is 2. The molecule has 1 aliphatic rings. The molecule has 2 rings (SSSR count). The molecule has 1 aromatic rings. The lowest BCUT2D eigenvalue weighted by Gasteiger charge is -2.37. The predicted octanol–water partition coefficient (Wildman–Crippen LogP) is 2.92. The van der Waals surface area contributed by atoms with Crippen LogP contribution in [0.1, 0.15) is 51.6 Å². The van der Waals surface area contributed by atoms with Crippen LogP contribution in [0.2, 0.25) is 0 Å². The molecule has 0 amide bonds. The second-order valence-electron chi connectivity index (χ2n) is 6.39. The molecule has 0 spiro atoms. The van der Waals surface area contributed by atoms with E-state index < -0.39 is 5.60 Å². The Hall–Kier alpha value is -1.36. The highest BCUT2D eigenvalue weighted by Gasteiger charge is 2.40. The summed E-state index contributed by atoms with van der Waals surface area (Å²) in [5, 5.41) is 11.1. The summed E-state index contributed by atoms with van der Waals surface area (Å²) < 4.78 is 10.4. The van der Waals surface area contributed by atoms with Crippen LogP contribution in [0.3, 0.4) is 0 Å². The first kappa shape index (κ1) is 16.0. The molecule has 1 aromatic heterocycles. The SMILES string of the molecule is COc1cnc(C2(O)CCCC(CC(C)C)C2)c(OC)n1. The highest BCUT2D eigenvalue weighted by Crippen LogP contribution is 2.43. The zero-order chi connectivity index (χ0) is 15.5. The van der Waals surface area contributed by atoms with E-state index in [1.54, 1.807) is 13.3 Å². The van der Waals surface area contributed by atoms with E-state index in [4.69, 9.17) is 9.47 Å². The van der Waals surface area contributed by atoms with Crippen molar-refractivity contribution in [1.82, 2.24) is 9.97 Å². The van der Waals surface area contributed by atoms with Crippen molar-refractivity contribution in [3.05, 3.63) is 11.9 Å². The van der Waals surface area contributed by atoms with Crippen LogP contribution in [0.25, 0.3) is 0 Å². The van der Waals surface area contributed by atoms with Crippen LogP contribution in [-0.2, 0) is 5.60 Å². The molecule has 21 heavy (non-hydrogen) atoms. The van der Waals surface area contributed by atoms with E-state index in [9.17, 15) is 5.11 Å². The van der Waals surface area contributed by atoms with Crippen LogP contribution in [0, 0.1) is 11.8 Å². The highest BCUT2D eigenvalue weighted by molar-refractivity contribution is 5.28. The largest absolute Gasteiger partial charge is 0.480 e. The van der Waals surface area contributed by atoms with Gasteiger partial charge in [0.2, 0.25) is 11.8 Å². The summed E-state index contributed by atoms with van der Waals surface area (Å²) >= 11 is 0. The molecule has 1 aliphatic carbocycles. The van der Waals surface area contributed by atoms with E-state index in [0.717, 1.165) is 19.3 Å². The Morgan fingerprint density at radius 3 is 2.76 bits per heavy atom. The van der Waals surface area contributed by atoms with Crippen molar-refractivity contribution < 1.29 is 14.6 Å². The fourth-order valence-corrected chi connectivity index (χ4v) is 3.36. The van der Waals surface area contributed by atoms with Gasteiger partial charge in [-0.15, -0.1) is 0 Å². The number of hydrogen-bond donors (Lipinski definition) is 1. The molecule has 1 fully saturated rings. The first-order valence-electron chi connectivity index (χ1n) is 7.66. The molecule has 2 unspecified atom stereocenters. The second-order valence-corrected chi connectivity index (χ2v) is 6.39. The minimum atomic E-state index is -0.942. The number of nitrogens with zero attached hydrogens (tertiary/aromatic N) is 2. The van der Waals surface area contributed by atoms with Crippen molar-refractivity contribution in [3.63, 3.8) is 0 Å². The summed E-state index contributed by atoms with van der Waals surface area (Å²) in [5.41, 5.74) is -0.401. The summed E-state index contributed by atoms with van der Waals surface area (Å²) in [6.45, 7) is 4.45. The molecular weight excluding hydrogens is 268 g/mol. The molecule has 0 aromatic carbocycles. The van der Waals surface area contributed by atoms with E-state index in [2.05, 4.69) is 23.8 Å². The van der Waals surface area contributed by atoms with Crippen molar-refractivity contribution in [2.24, 2.45) is 11.8 Å². The van der Waals surface area contributed by atoms with Crippen molar-refractivity contribution in [2.75, 3.05) is 14.2 Å². The molecule has 0 aliphatic heterocycles. The number of rotatable bonds is 5. The van der Waals surface area contributed by atoms with Gasteiger partial charge in [-0.3, -0.25) is 0 Å². The fraction of sp³-hybridized carbons (Fsp3) is 0.750. The first-order valence-corrected chi connectivity index (χ1v) is 7.66. The molecule has 1 N–H and O–H groups in total. The Labute approximate surface area is 126 Å². The number of methoxy groups -OCH3 is 2. The van der Waals surface area contributed by atoms with Gasteiger partial charge in [-0.1, -0.05) is 20.3 Å². The minimum Gasteiger partial charge on any atom is -0.480 e. The van der Waals surface area contributed by atoms with Gasteiger partial charge in [0, 0.05) is 0 Å². The lowest BCUT2D eigenvalue weighted by atomic mass is 9.73. The van der Waals surface area contributed by atoms with Crippen molar-refractivity contribution in [2.45, 2.75) is 51.6 Å². The van der Waals surface area contributed by atoms with Crippen LogP contribution >= 0.6 is 0 Å². The van der Waals surface area contributed by atoms with Gasteiger partial charge in [-0.25, -0.2) is 4.98 Å². The Morgan fingerprint density at radius 1 is 1.38 bits per heavy atom. The van der Waals surface area contributed by atoms with Gasteiger partial charge in [-0.2, -0.15) is 4.98 Å². The van der Waals surface area contributed by atoms with Crippen LogP contribution in [0.5, 0.6) is 11.8 Å². The summed E-state index contributed by atoms with van der Waals surface area (Å²) in [6.07, 6.45) is 6.29. The molecule has 1 saturated carbocycles. The van der Waals surface area contributed by atoms with E-state index >= 15 is 0 Å². The van der Waals surface area contributed by atoms with Crippen LogP contribution < -0.4 is 9.47 Å². The van der Waals surface area contributed by atoms with Crippen molar-refractivity contribution >= 4 is 0 Å².